The Bertz CT molecular complexity index is 314. The summed E-state index contributed by atoms with van der Waals surface area (Å²) in [6.07, 6.45) is 1.16. The van der Waals surface area contributed by atoms with Gasteiger partial charge in [-0.3, -0.25) is 0 Å². The molecule has 3 heteroatoms. The van der Waals surface area contributed by atoms with Gasteiger partial charge in [0.1, 0.15) is 5.82 Å². The predicted molar refractivity (Wildman–Crippen MR) is 65.3 cm³/mol. The summed E-state index contributed by atoms with van der Waals surface area (Å²) in [5, 5.41) is 0.649. The molecule has 0 aliphatic heterocycles. The molecule has 1 rings (SSSR count). The van der Waals surface area contributed by atoms with E-state index in [1.165, 1.54) is 6.07 Å². The third-order valence-corrected chi connectivity index (χ3v) is 3.84. The highest BCUT2D eigenvalue weighted by Crippen LogP contribution is 2.21. The summed E-state index contributed by atoms with van der Waals surface area (Å²) in [6, 6.07) is 5.21. The summed E-state index contributed by atoms with van der Waals surface area (Å²) >= 11 is 1.89. The molecule has 0 bridgehead atoms. The van der Waals surface area contributed by atoms with Crippen molar-refractivity contribution in [2.75, 3.05) is 0 Å². The van der Waals surface area contributed by atoms with E-state index in [-0.39, 0.29) is 12.4 Å². The van der Waals surface area contributed by atoms with Crippen LogP contribution < -0.4 is 5.73 Å². The summed E-state index contributed by atoms with van der Waals surface area (Å²) in [4.78, 5) is 0. The Morgan fingerprint density at radius 1 is 1.47 bits per heavy atom. The van der Waals surface area contributed by atoms with Crippen LogP contribution in [0, 0.1) is 5.82 Å². The SMILES string of the molecule is CCC(C)SCc1ccc(F)c(CN)c1. The van der Waals surface area contributed by atoms with Gasteiger partial charge in [0.25, 0.3) is 0 Å². The average molecular weight is 227 g/mol. The quantitative estimate of drug-likeness (QED) is 0.835. The van der Waals surface area contributed by atoms with Gasteiger partial charge in [-0.2, -0.15) is 11.8 Å². The van der Waals surface area contributed by atoms with Gasteiger partial charge in [0.2, 0.25) is 0 Å². The van der Waals surface area contributed by atoms with E-state index in [9.17, 15) is 4.39 Å². The molecular formula is C12H18FNS. The Kier molecular flexibility index (Phi) is 5.12. The first-order chi connectivity index (χ1) is 7.17. The second-order valence-corrected chi connectivity index (χ2v) is 5.09. The fourth-order valence-electron chi connectivity index (χ4n) is 1.23. The van der Waals surface area contributed by atoms with E-state index < -0.39 is 0 Å². The summed E-state index contributed by atoms with van der Waals surface area (Å²) in [5.74, 6) is 0.734. The second-order valence-electron chi connectivity index (χ2n) is 3.66. The number of nitrogens with two attached hydrogens (primary N) is 1. The van der Waals surface area contributed by atoms with Gasteiger partial charge >= 0.3 is 0 Å². The normalized spacial score (nSPS) is 12.8. The van der Waals surface area contributed by atoms with Crippen molar-refractivity contribution in [1.29, 1.82) is 0 Å². The number of hydrogen-bond acceptors (Lipinski definition) is 2. The van der Waals surface area contributed by atoms with E-state index in [2.05, 4.69) is 13.8 Å². The van der Waals surface area contributed by atoms with Gasteiger partial charge in [0, 0.05) is 23.1 Å². The fraction of sp³-hybridized carbons (Fsp3) is 0.500. The van der Waals surface area contributed by atoms with Crippen molar-refractivity contribution in [2.45, 2.75) is 37.8 Å². The first-order valence-corrected chi connectivity index (χ1v) is 6.31. The standard InChI is InChI=1S/C12H18FNS/c1-3-9(2)15-8-10-4-5-12(13)11(6-10)7-14/h4-6,9H,3,7-8,14H2,1-2H3. The zero-order valence-electron chi connectivity index (χ0n) is 9.29. The number of halogens is 1. The van der Waals surface area contributed by atoms with Crippen LogP contribution in [0.25, 0.3) is 0 Å². The van der Waals surface area contributed by atoms with Crippen LogP contribution >= 0.6 is 11.8 Å². The maximum Gasteiger partial charge on any atom is 0.127 e. The number of rotatable bonds is 5. The Morgan fingerprint density at radius 3 is 2.80 bits per heavy atom. The highest BCUT2D eigenvalue weighted by atomic mass is 32.2. The summed E-state index contributed by atoms with van der Waals surface area (Å²) in [6.45, 7) is 4.65. The highest BCUT2D eigenvalue weighted by Gasteiger charge is 2.04. The molecule has 0 radical (unpaired) electrons. The van der Waals surface area contributed by atoms with E-state index in [1.807, 2.05) is 23.9 Å². The smallest absolute Gasteiger partial charge is 0.127 e. The summed E-state index contributed by atoms with van der Waals surface area (Å²) in [5.41, 5.74) is 7.22. The molecule has 0 fully saturated rings. The molecule has 1 nitrogen and oxygen atoms in total. The molecule has 84 valence electrons. The lowest BCUT2D eigenvalue weighted by molar-refractivity contribution is 0.610. The van der Waals surface area contributed by atoms with Crippen molar-refractivity contribution in [2.24, 2.45) is 5.73 Å². The van der Waals surface area contributed by atoms with Gasteiger partial charge in [-0.15, -0.1) is 0 Å². The van der Waals surface area contributed by atoms with E-state index in [4.69, 9.17) is 5.73 Å². The predicted octanol–water partition coefficient (Wildman–Crippen LogP) is 3.32. The number of benzene rings is 1. The zero-order chi connectivity index (χ0) is 11.3. The Labute approximate surface area is 95.2 Å². The van der Waals surface area contributed by atoms with E-state index in [0.717, 1.165) is 17.7 Å². The molecule has 0 saturated heterocycles. The van der Waals surface area contributed by atoms with Gasteiger partial charge in [-0.1, -0.05) is 26.0 Å². The minimum Gasteiger partial charge on any atom is -0.326 e. The molecule has 1 aromatic carbocycles. The van der Waals surface area contributed by atoms with Crippen molar-refractivity contribution in [3.8, 4) is 0 Å². The van der Waals surface area contributed by atoms with E-state index in [0.29, 0.717) is 10.8 Å². The molecule has 0 saturated carbocycles. The van der Waals surface area contributed by atoms with E-state index >= 15 is 0 Å². The molecule has 1 aromatic rings. The van der Waals surface area contributed by atoms with Crippen molar-refractivity contribution in [3.05, 3.63) is 35.1 Å². The number of thioether (sulfide) groups is 1. The van der Waals surface area contributed by atoms with Gasteiger partial charge in [0.05, 0.1) is 0 Å². The molecule has 0 aliphatic carbocycles. The Morgan fingerprint density at radius 2 is 2.20 bits per heavy atom. The average Bonchev–Trinajstić information content (AvgIpc) is 2.27. The van der Waals surface area contributed by atoms with Crippen molar-refractivity contribution >= 4 is 11.8 Å². The first kappa shape index (κ1) is 12.5. The molecule has 2 N–H and O–H groups in total. The van der Waals surface area contributed by atoms with E-state index in [1.54, 1.807) is 0 Å². The molecule has 0 heterocycles. The largest absolute Gasteiger partial charge is 0.326 e. The molecule has 0 aromatic heterocycles. The molecule has 15 heavy (non-hydrogen) atoms. The third-order valence-electron chi connectivity index (χ3n) is 2.44. The molecule has 1 unspecified atom stereocenters. The lowest BCUT2D eigenvalue weighted by Crippen LogP contribution is -2.01. The van der Waals surface area contributed by atoms with Crippen molar-refractivity contribution in [1.82, 2.24) is 0 Å². The van der Waals surface area contributed by atoms with Crippen molar-refractivity contribution < 1.29 is 4.39 Å². The van der Waals surface area contributed by atoms with Crippen LogP contribution in [-0.2, 0) is 12.3 Å². The lowest BCUT2D eigenvalue weighted by atomic mass is 10.1. The molecular weight excluding hydrogens is 209 g/mol. The van der Waals surface area contributed by atoms with Gasteiger partial charge < -0.3 is 5.73 Å². The van der Waals surface area contributed by atoms with Crippen LogP contribution in [0.1, 0.15) is 31.4 Å². The van der Waals surface area contributed by atoms with Crippen LogP contribution in [0.3, 0.4) is 0 Å². The van der Waals surface area contributed by atoms with Crippen LogP contribution in [-0.4, -0.2) is 5.25 Å². The molecule has 1 atom stereocenters. The second kappa shape index (κ2) is 6.13. The molecule has 0 amide bonds. The topological polar surface area (TPSA) is 26.0 Å². The molecule has 0 aliphatic rings. The fourth-order valence-corrected chi connectivity index (χ4v) is 2.12. The van der Waals surface area contributed by atoms with Crippen LogP contribution in [0.2, 0.25) is 0 Å². The maximum absolute atomic E-state index is 13.1. The van der Waals surface area contributed by atoms with Gasteiger partial charge in [-0.25, -0.2) is 4.39 Å². The number of hydrogen-bond donors (Lipinski definition) is 1. The minimum atomic E-state index is -0.199. The minimum absolute atomic E-state index is 0.199. The van der Waals surface area contributed by atoms with Gasteiger partial charge in [0.15, 0.2) is 0 Å². The Balaban J connectivity index is 2.62. The zero-order valence-corrected chi connectivity index (χ0v) is 10.1. The first-order valence-electron chi connectivity index (χ1n) is 5.26. The monoisotopic (exact) mass is 227 g/mol. The summed E-state index contributed by atoms with van der Waals surface area (Å²) in [7, 11) is 0. The summed E-state index contributed by atoms with van der Waals surface area (Å²) < 4.78 is 13.1. The van der Waals surface area contributed by atoms with Crippen LogP contribution in [0.5, 0.6) is 0 Å². The highest BCUT2D eigenvalue weighted by molar-refractivity contribution is 7.99. The lowest BCUT2D eigenvalue weighted by Gasteiger charge is -2.09. The van der Waals surface area contributed by atoms with Crippen LogP contribution in [0.15, 0.2) is 18.2 Å². The maximum atomic E-state index is 13.1. The third kappa shape index (κ3) is 3.84. The Hall–Kier alpha value is -0.540. The van der Waals surface area contributed by atoms with Gasteiger partial charge in [-0.05, 0) is 18.1 Å². The molecule has 0 spiro atoms. The van der Waals surface area contributed by atoms with Crippen molar-refractivity contribution in [3.63, 3.8) is 0 Å². The van der Waals surface area contributed by atoms with Crippen LogP contribution in [0.4, 0.5) is 4.39 Å².